The molecule has 0 aliphatic carbocycles. The van der Waals surface area contributed by atoms with E-state index in [1.807, 2.05) is 36.9 Å². The van der Waals surface area contributed by atoms with E-state index < -0.39 is 0 Å². The van der Waals surface area contributed by atoms with Crippen molar-refractivity contribution in [1.29, 1.82) is 0 Å². The number of unbranched alkanes of at least 4 members (excludes halogenated alkanes) is 1. The Morgan fingerprint density at radius 1 is 1.41 bits per heavy atom. The molecule has 2 nitrogen and oxygen atoms in total. The topological polar surface area (TPSA) is 29.1 Å². The van der Waals surface area contributed by atoms with E-state index in [1.54, 1.807) is 0 Å². The molecular weight excluding hydrogens is 298 g/mol. The minimum absolute atomic E-state index is 0.00438. The maximum absolute atomic E-state index is 11.9. The first-order valence-electron chi connectivity index (χ1n) is 5.68. The first-order chi connectivity index (χ1) is 8.15. The van der Waals surface area contributed by atoms with E-state index in [1.165, 1.54) is 0 Å². The lowest BCUT2D eigenvalue weighted by atomic mass is 10.1. The molecule has 0 saturated carbocycles. The summed E-state index contributed by atoms with van der Waals surface area (Å²) in [6.45, 7) is 2.74. The van der Waals surface area contributed by atoms with Crippen LogP contribution in [0, 0.1) is 6.92 Å². The van der Waals surface area contributed by atoms with Gasteiger partial charge in [-0.05, 0) is 59.8 Å². The molecular formula is C13H18BrNOS. The fourth-order valence-corrected chi connectivity index (χ4v) is 2.40. The molecule has 0 aliphatic rings. The van der Waals surface area contributed by atoms with Gasteiger partial charge in [-0.1, -0.05) is 11.6 Å². The Hall–Kier alpha value is -0.480. The van der Waals surface area contributed by atoms with Gasteiger partial charge in [-0.2, -0.15) is 11.8 Å². The van der Waals surface area contributed by atoms with Gasteiger partial charge in [-0.15, -0.1) is 0 Å². The van der Waals surface area contributed by atoms with Crippen molar-refractivity contribution >= 4 is 33.6 Å². The quantitative estimate of drug-likeness (QED) is 0.812. The summed E-state index contributed by atoms with van der Waals surface area (Å²) in [7, 11) is 0. The van der Waals surface area contributed by atoms with Crippen LogP contribution in [0.4, 0.5) is 0 Å². The number of hydrogen-bond acceptors (Lipinski definition) is 2. The molecule has 1 N–H and O–H groups in total. The van der Waals surface area contributed by atoms with Crippen LogP contribution in [0.3, 0.4) is 0 Å². The van der Waals surface area contributed by atoms with E-state index in [9.17, 15) is 4.79 Å². The van der Waals surface area contributed by atoms with E-state index >= 15 is 0 Å². The number of benzene rings is 1. The van der Waals surface area contributed by atoms with Crippen LogP contribution in [-0.4, -0.2) is 24.5 Å². The van der Waals surface area contributed by atoms with Gasteiger partial charge in [0.25, 0.3) is 5.91 Å². The Morgan fingerprint density at radius 2 is 2.18 bits per heavy atom. The molecule has 0 atom stereocenters. The number of carbonyl (C=O) groups excluding carboxylic acids is 1. The van der Waals surface area contributed by atoms with Gasteiger partial charge in [-0.25, -0.2) is 0 Å². The number of carbonyl (C=O) groups is 1. The standard InChI is InChI=1S/C13H18BrNOS/c1-10-5-6-12(14)11(9-10)13(16)15-7-3-4-8-17-2/h5-6,9H,3-4,7-8H2,1-2H3,(H,15,16). The van der Waals surface area contributed by atoms with Crippen LogP contribution in [0.25, 0.3) is 0 Å². The molecule has 94 valence electrons. The largest absolute Gasteiger partial charge is 0.352 e. The Balaban J connectivity index is 2.44. The molecule has 0 unspecified atom stereocenters. The molecule has 4 heteroatoms. The van der Waals surface area contributed by atoms with Gasteiger partial charge in [0.1, 0.15) is 0 Å². The van der Waals surface area contributed by atoms with Gasteiger partial charge in [0.05, 0.1) is 5.56 Å². The van der Waals surface area contributed by atoms with Crippen molar-refractivity contribution in [3.05, 3.63) is 33.8 Å². The first-order valence-corrected chi connectivity index (χ1v) is 7.87. The van der Waals surface area contributed by atoms with Gasteiger partial charge >= 0.3 is 0 Å². The molecule has 0 aliphatic heterocycles. The third-order valence-electron chi connectivity index (χ3n) is 2.43. The summed E-state index contributed by atoms with van der Waals surface area (Å²) in [5, 5.41) is 2.95. The van der Waals surface area contributed by atoms with Gasteiger partial charge in [-0.3, -0.25) is 4.79 Å². The highest BCUT2D eigenvalue weighted by molar-refractivity contribution is 9.10. The van der Waals surface area contributed by atoms with Crippen LogP contribution < -0.4 is 5.32 Å². The zero-order chi connectivity index (χ0) is 12.7. The normalized spacial score (nSPS) is 10.3. The first kappa shape index (κ1) is 14.6. The summed E-state index contributed by atoms with van der Waals surface area (Å²) in [5.74, 6) is 1.16. The number of hydrogen-bond donors (Lipinski definition) is 1. The lowest BCUT2D eigenvalue weighted by Crippen LogP contribution is -2.25. The summed E-state index contributed by atoms with van der Waals surface area (Å²) >= 11 is 5.24. The summed E-state index contributed by atoms with van der Waals surface area (Å²) in [4.78, 5) is 11.9. The molecule has 0 saturated heterocycles. The molecule has 1 amide bonds. The highest BCUT2D eigenvalue weighted by Crippen LogP contribution is 2.17. The minimum Gasteiger partial charge on any atom is -0.352 e. The molecule has 1 rings (SSSR count). The van der Waals surface area contributed by atoms with E-state index in [0.29, 0.717) is 0 Å². The van der Waals surface area contributed by atoms with Crippen molar-refractivity contribution in [3.8, 4) is 0 Å². The predicted molar refractivity (Wildman–Crippen MR) is 78.8 cm³/mol. The van der Waals surface area contributed by atoms with Crippen LogP contribution in [0.1, 0.15) is 28.8 Å². The number of thioether (sulfide) groups is 1. The maximum Gasteiger partial charge on any atom is 0.252 e. The fourth-order valence-electron chi connectivity index (χ4n) is 1.48. The average Bonchev–Trinajstić information content (AvgIpc) is 2.32. The summed E-state index contributed by atoms with van der Waals surface area (Å²) in [5.41, 5.74) is 1.82. The molecule has 0 spiro atoms. The highest BCUT2D eigenvalue weighted by atomic mass is 79.9. The fraction of sp³-hybridized carbons (Fsp3) is 0.462. The molecule has 17 heavy (non-hydrogen) atoms. The molecule has 1 aromatic carbocycles. The monoisotopic (exact) mass is 315 g/mol. The molecule has 0 radical (unpaired) electrons. The van der Waals surface area contributed by atoms with Gasteiger partial charge < -0.3 is 5.32 Å². The van der Waals surface area contributed by atoms with Gasteiger partial charge in [0, 0.05) is 11.0 Å². The second-order valence-electron chi connectivity index (χ2n) is 3.94. The van der Waals surface area contributed by atoms with Crippen LogP contribution in [0.15, 0.2) is 22.7 Å². The van der Waals surface area contributed by atoms with E-state index in [4.69, 9.17) is 0 Å². The van der Waals surface area contributed by atoms with Crippen molar-refractivity contribution in [2.75, 3.05) is 18.6 Å². The minimum atomic E-state index is 0.00438. The summed E-state index contributed by atoms with van der Waals surface area (Å²) in [6, 6.07) is 5.80. The number of nitrogens with one attached hydrogen (secondary N) is 1. The van der Waals surface area contributed by atoms with Crippen LogP contribution in [-0.2, 0) is 0 Å². The second kappa shape index (κ2) is 7.77. The molecule has 0 fully saturated rings. The Kier molecular flexibility index (Phi) is 6.66. The maximum atomic E-state index is 11.9. The summed E-state index contributed by atoms with van der Waals surface area (Å²) < 4.78 is 0.852. The zero-order valence-corrected chi connectivity index (χ0v) is 12.7. The highest BCUT2D eigenvalue weighted by Gasteiger charge is 2.08. The van der Waals surface area contributed by atoms with E-state index in [0.717, 1.165) is 40.7 Å². The van der Waals surface area contributed by atoms with E-state index in [-0.39, 0.29) is 5.91 Å². The van der Waals surface area contributed by atoms with Crippen LogP contribution >= 0.6 is 27.7 Å². The van der Waals surface area contributed by atoms with Crippen molar-refractivity contribution < 1.29 is 4.79 Å². The average molecular weight is 316 g/mol. The second-order valence-corrected chi connectivity index (χ2v) is 5.78. The van der Waals surface area contributed by atoms with Crippen molar-refractivity contribution in [2.45, 2.75) is 19.8 Å². The van der Waals surface area contributed by atoms with Gasteiger partial charge in [0.2, 0.25) is 0 Å². The lowest BCUT2D eigenvalue weighted by Gasteiger charge is -2.07. The smallest absolute Gasteiger partial charge is 0.252 e. The third kappa shape index (κ3) is 5.13. The summed E-state index contributed by atoms with van der Waals surface area (Å²) in [6.07, 6.45) is 4.29. The number of halogens is 1. The Morgan fingerprint density at radius 3 is 2.88 bits per heavy atom. The molecule has 0 heterocycles. The molecule has 1 aromatic rings. The predicted octanol–water partition coefficient (Wildman–Crippen LogP) is 3.63. The number of rotatable bonds is 6. The third-order valence-corrected chi connectivity index (χ3v) is 3.82. The van der Waals surface area contributed by atoms with Gasteiger partial charge in [0.15, 0.2) is 0 Å². The lowest BCUT2D eigenvalue weighted by molar-refractivity contribution is 0.0952. The van der Waals surface area contributed by atoms with Crippen molar-refractivity contribution in [1.82, 2.24) is 5.32 Å². The Labute approximate surface area is 116 Å². The van der Waals surface area contributed by atoms with Crippen molar-refractivity contribution in [3.63, 3.8) is 0 Å². The zero-order valence-electron chi connectivity index (χ0n) is 10.3. The van der Waals surface area contributed by atoms with E-state index in [2.05, 4.69) is 27.5 Å². The SMILES string of the molecule is CSCCCCNC(=O)c1cc(C)ccc1Br. The molecule has 0 bridgehead atoms. The van der Waals surface area contributed by atoms with Crippen molar-refractivity contribution in [2.24, 2.45) is 0 Å². The molecule has 0 aromatic heterocycles. The number of aryl methyl sites for hydroxylation is 1. The van der Waals surface area contributed by atoms with Crippen LogP contribution in [0.5, 0.6) is 0 Å². The van der Waals surface area contributed by atoms with Crippen LogP contribution in [0.2, 0.25) is 0 Å². The Bertz CT molecular complexity index is 382. The number of amides is 1.